The second-order valence-corrected chi connectivity index (χ2v) is 8.72. The number of esters is 1. The van der Waals surface area contributed by atoms with Crippen LogP contribution in [0.2, 0.25) is 0 Å². The highest BCUT2D eigenvalue weighted by atomic mass is 32.1. The van der Waals surface area contributed by atoms with Crippen LogP contribution in [0.25, 0.3) is 0 Å². The first kappa shape index (κ1) is 20.0. The summed E-state index contributed by atoms with van der Waals surface area (Å²) < 4.78 is 4.90. The Morgan fingerprint density at radius 3 is 2.71 bits per heavy atom. The summed E-state index contributed by atoms with van der Waals surface area (Å²) in [6, 6.07) is 5.67. The van der Waals surface area contributed by atoms with Gasteiger partial charge in [0.2, 0.25) is 0 Å². The molecule has 0 spiro atoms. The highest BCUT2D eigenvalue weighted by molar-refractivity contribution is 7.16. The maximum atomic E-state index is 12.1. The standard InChI is InChI=1S/C19H19N3O4S2/c1-11-6-7-15(27-11)18(25)21-9-17(24)26-10-16(23)22-19-13(8-20)12-4-2-3-5-14(12)28-19/h6-7H,2-5,9-10H2,1H3,(H,21,25)(H,22,23). The Bertz CT molecular complexity index is 955. The molecule has 2 aromatic rings. The Hall–Kier alpha value is -2.70. The van der Waals surface area contributed by atoms with Crippen LogP contribution in [0.3, 0.4) is 0 Å². The Balaban J connectivity index is 1.47. The van der Waals surface area contributed by atoms with E-state index in [0.717, 1.165) is 41.0 Å². The number of hydrogen-bond acceptors (Lipinski definition) is 7. The molecule has 0 atom stereocenters. The van der Waals surface area contributed by atoms with Crippen LogP contribution in [0.4, 0.5) is 5.00 Å². The van der Waals surface area contributed by atoms with Crippen molar-refractivity contribution < 1.29 is 19.1 Å². The van der Waals surface area contributed by atoms with E-state index in [4.69, 9.17) is 4.74 Å². The normalized spacial score (nSPS) is 12.6. The number of nitrogens with one attached hydrogen (secondary N) is 2. The summed E-state index contributed by atoms with van der Waals surface area (Å²) >= 11 is 2.74. The lowest BCUT2D eigenvalue weighted by molar-refractivity contribution is -0.146. The van der Waals surface area contributed by atoms with Crippen molar-refractivity contribution in [3.05, 3.63) is 37.9 Å². The molecule has 3 rings (SSSR count). The summed E-state index contributed by atoms with van der Waals surface area (Å²) in [4.78, 5) is 38.4. The van der Waals surface area contributed by atoms with Gasteiger partial charge in [0.15, 0.2) is 6.61 Å². The molecule has 2 amide bonds. The number of carbonyl (C=O) groups excluding carboxylic acids is 3. The first-order valence-electron chi connectivity index (χ1n) is 8.82. The number of thiophene rings is 2. The topological polar surface area (TPSA) is 108 Å². The lowest BCUT2D eigenvalue weighted by Crippen LogP contribution is -2.31. The molecule has 9 heteroatoms. The van der Waals surface area contributed by atoms with Crippen molar-refractivity contribution in [1.82, 2.24) is 5.32 Å². The number of rotatable bonds is 6. The number of nitriles is 1. The zero-order valence-corrected chi connectivity index (χ0v) is 16.9. The number of amides is 2. The average Bonchev–Trinajstić information content (AvgIpc) is 3.27. The van der Waals surface area contributed by atoms with E-state index in [0.29, 0.717) is 15.4 Å². The fourth-order valence-corrected chi connectivity index (χ4v) is 4.97. The maximum Gasteiger partial charge on any atom is 0.325 e. The van der Waals surface area contributed by atoms with Gasteiger partial charge in [-0.25, -0.2) is 0 Å². The van der Waals surface area contributed by atoms with Crippen molar-refractivity contribution in [2.75, 3.05) is 18.5 Å². The third-order valence-corrected chi connectivity index (χ3v) is 6.46. The Morgan fingerprint density at radius 1 is 1.21 bits per heavy atom. The van der Waals surface area contributed by atoms with E-state index in [1.165, 1.54) is 22.7 Å². The summed E-state index contributed by atoms with van der Waals surface area (Å²) in [6.45, 7) is 1.09. The van der Waals surface area contributed by atoms with Gasteiger partial charge in [0.25, 0.3) is 11.8 Å². The SMILES string of the molecule is Cc1ccc(C(=O)NCC(=O)OCC(=O)Nc2sc3c(c2C#N)CCCC3)s1. The predicted octanol–water partition coefficient (Wildman–Crippen LogP) is 2.78. The van der Waals surface area contributed by atoms with Gasteiger partial charge in [-0.2, -0.15) is 5.26 Å². The van der Waals surface area contributed by atoms with E-state index in [2.05, 4.69) is 16.7 Å². The molecule has 2 aromatic heterocycles. The van der Waals surface area contributed by atoms with Crippen LogP contribution < -0.4 is 10.6 Å². The minimum absolute atomic E-state index is 0.320. The lowest BCUT2D eigenvalue weighted by atomic mass is 9.96. The Labute approximate surface area is 170 Å². The number of nitrogens with zero attached hydrogens (tertiary/aromatic N) is 1. The van der Waals surface area contributed by atoms with Crippen LogP contribution in [0.5, 0.6) is 0 Å². The van der Waals surface area contributed by atoms with Crippen LogP contribution in [-0.4, -0.2) is 30.9 Å². The molecule has 0 radical (unpaired) electrons. The van der Waals surface area contributed by atoms with E-state index in [-0.39, 0.29) is 12.5 Å². The molecule has 1 aliphatic rings. The van der Waals surface area contributed by atoms with Gasteiger partial charge in [-0.15, -0.1) is 22.7 Å². The summed E-state index contributed by atoms with van der Waals surface area (Å²) in [7, 11) is 0. The van der Waals surface area contributed by atoms with Crippen molar-refractivity contribution in [2.24, 2.45) is 0 Å². The molecule has 1 aliphatic carbocycles. The largest absolute Gasteiger partial charge is 0.454 e. The fraction of sp³-hybridized carbons (Fsp3) is 0.368. The van der Waals surface area contributed by atoms with Gasteiger partial charge < -0.3 is 15.4 Å². The molecular formula is C19H19N3O4S2. The molecule has 7 nitrogen and oxygen atoms in total. The van der Waals surface area contributed by atoms with Crippen molar-refractivity contribution in [2.45, 2.75) is 32.6 Å². The van der Waals surface area contributed by atoms with E-state index >= 15 is 0 Å². The molecule has 0 aromatic carbocycles. The number of carbonyl (C=O) groups is 3. The van der Waals surface area contributed by atoms with Crippen molar-refractivity contribution >= 4 is 45.5 Å². The monoisotopic (exact) mass is 417 g/mol. The molecule has 2 heterocycles. The molecule has 0 bridgehead atoms. The van der Waals surface area contributed by atoms with Gasteiger partial charge in [0, 0.05) is 9.75 Å². The summed E-state index contributed by atoms with van der Waals surface area (Å²) in [5.74, 6) is -1.58. The summed E-state index contributed by atoms with van der Waals surface area (Å²) in [6.07, 6.45) is 3.90. The molecule has 146 valence electrons. The minimum Gasteiger partial charge on any atom is -0.454 e. The average molecular weight is 418 g/mol. The van der Waals surface area contributed by atoms with Crippen LogP contribution in [0.15, 0.2) is 12.1 Å². The second kappa shape index (κ2) is 8.99. The zero-order chi connectivity index (χ0) is 20.1. The molecule has 0 aliphatic heterocycles. The van der Waals surface area contributed by atoms with Gasteiger partial charge in [0.05, 0.1) is 10.4 Å². The van der Waals surface area contributed by atoms with Gasteiger partial charge >= 0.3 is 5.97 Å². The third kappa shape index (κ3) is 4.77. The van der Waals surface area contributed by atoms with E-state index in [1.807, 2.05) is 13.0 Å². The number of anilines is 1. The molecule has 28 heavy (non-hydrogen) atoms. The van der Waals surface area contributed by atoms with E-state index < -0.39 is 18.5 Å². The first-order valence-corrected chi connectivity index (χ1v) is 10.5. The molecule has 0 saturated heterocycles. The lowest BCUT2D eigenvalue weighted by Gasteiger charge is -2.09. The number of aryl methyl sites for hydroxylation is 2. The molecule has 0 fully saturated rings. The summed E-state index contributed by atoms with van der Waals surface area (Å²) in [5, 5.41) is 15.0. The van der Waals surface area contributed by atoms with Gasteiger partial charge in [-0.1, -0.05) is 0 Å². The maximum absolute atomic E-state index is 12.1. The van der Waals surface area contributed by atoms with Gasteiger partial charge in [-0.05, 0) is 50.3 Å². The van der Waals surface area contributed by atoms with Gasteiger partial charge in [0.1, 0.15) is 17.6 Å². The van der Waals surface area contributed by atoms with E-state index in [9.17, 15) is 19.6 Å². The minimum atomic E-state index is -0.706. The van der Waals surface area contributed by atoms with Crippen LogP contribution in [0, 0.1) is 18.3 Å². The Morgan fingerprint density at radius 2 is 2.00 bits per heavy atom. The fourth-order valence-electron chi connectivity index (χ4n) is 2.93. The van der Waals surface area contributed by atoms with Crippen LogP contribution in [0.1, 0.15) is 43.4 Å². The van der Waals surface area contributed by atoms with Crippen molar-refractivity contribution in [3.63, 3.8) is 0 Å². The highest BCUT2D eigenvalue weighted by Crippen LogP contribution is 2.37. The number of hydrogen-bond donors (Lipinski definition) is 2. The summed E-state index contributed by atoms with van der Waals surface area (Å²) in [5.41, 5.74) is 1.54. The van der Waals surface area contributed by atoms with Crippen LogP contribution >= 0.6 is 22.7 Å². The quantitative estimate of drug-likeness (QED) is 0.703. The smallest absolute Gasteiger partial charge is 0.325 e. The number of fused-ring (bicyclic) bond motifs is 1. The molecule has 0 saturated carbocycles. The van der Waals surface area contributed by atoms with Crippen LogP contribution in [-0.2, 0) is 27.2 Å². The van der Waals surface area contributed by atoms with E-state index in [1.54, 1.807) is 6.07 Å². The number of ether oxygens (including phenoxy) is 1. The highest BCUT2D eigenvalue weighted by Gasteiger charge is 2.22. The third-order valence-electron chi connectivity index (χ3n) is 4.26. The van der Waals surface area contributed by atoms with Crippen molar-refractivity contribution in [1.29, 1.82) is 5.26 Å². The van der Waals surface area contributed by atoms with Crippen molar-refractivity contribution in [3.8, 4) is 6.07 Å². The Kier molecular flexibility index (Phi) is 6.44. The first-order chi connectivity index (χ1) is 13.5. The zero-order valence-electron chi connectivity index (χ0n) is 15.3. The molecular weight excluding hydrogens is 398 g/mol. The molecule has 2 N–H and O–H groups in total. The second-order valence-electron chi connectivity index (χ2n) is 6.33. The molecule has 0 unspecified atom stereocenters. The van der Waals surface area contributed by atoms with Gasteiger partial charge in [-0.3, -0.25) is 14.4 Å². The predicted molar refractivity (Wildman–Crippen MR) is 107 cm³/mol.